The Morgan fingerprint density at radius 3 is 1.77 bits per heavy atom. The average Bonchev–Trinajstić information content (AvgIpc) is 3.50. The summed E-state index contributed by atoms with van der Waals surface area (Å²) in [5.74, 6) is -0.314. The van der Waals surface area contributed by atoms with Crippen molar-refractivity contribution in [1.29, 1.82) is 0 Å². The number of hydrogen-bond acceptors (Lipinski definition) is 6. The van der Waals surface area contributed by atoms with Crippen molar-refractivity contribution >= 4 is 63.5 Å². The first-order valence-electron chi connectivity index (χ1n) is 21.4. The molecule has 0 aliphatic heterocycles. The predicted octanol–water partition coefficient (Wildman–Crippen LogP) is 15.4. The standard InChI is InChI=1S/C57H50Cl2N2O4/c1-6-56(62)64-53-33-16-44(17-34-53)42-12-25-48(26-13-42)60(49-29-20-46(58)21-30-49)52-24-11-41(37-40(5)38-52)9-8-10-55(39(3)4)61(51-31-22-47(59)23-32-51)50-27-14-43(15-28-50)45-18-35-54(36-19-45)65-57(63)7-2/h6-8,10-33,35-38,40,53H,1-2,9,34H2,3-5H3/b10-8-. The molecule has 5 aromatic carbocycles. The van der Waals surface area contributed by atoms with Crippen LogP contribution in [0.5, 0.6) is 5.75 Å². The van der Waals surface area contributed by atoms with Gasteiger partial charge in [-0.1, -0.05) is 122 Å². The van der Waals surface area contributed by atoms with Crippen LogP contribution in [0.1, 0.15) is 39.2 Å². The summed E-state index contributed by atoms with van der Waals surface area (Å²) < 4.78 is 10.7. The highest BCUT2D eigenvalue weighted by Gasteiger charge is 2.19. The Bertz CT molecular complexity index is 2750. The van der Waals surface area contributed by atoms with Gasteiger partial charge in [0.1, 0.15) is 11.9 Å². The summed E-state index contributed by atoms with van der Waals surface area (Å²) in [6, 6.07) is 40.1. The number of carbonyl (C=O) groups is 2. The lowest BCUT2D eigenvalue weighted by Gasteiger charge is -2.28. The van der Waals surface area contributed by atoms with Crippen LogP contribution in [0.25, 0.3) is 16.7 Å². The molecule has 0 bridgehead atoms. The number of anilines is 4. The second-order valence-electron chi connectivity index (χ2n) is 15.8. The molecule has 2 unspecified atom stereocenters. The highest BCUT2D eigenvalue weighted by molar-refractivity contribution is 6.31. The molecule has 2 aliphatic carbocycles. The highest BCUT2D eigenvalue weighted by Crippen LogP contribution is 2.37. The number of hydrogen-bond donors (Lipinski definition) is 0. The van der Waals surface area contributed by atoms with Crippen molar-refractivity contribution < 1.29 is 19.1 Å². The molecule has 326 valence electrons. The fraction of sp³-hybridized carbons (Fsp3) is 0.123. The van der Waals surface area contributed by atoms with Crippen LogP contribution < -0.4 is 14.5 Å². The Hall–Kier alpha value is -7.12. The topological polar surface area (TPSA) is 59.1 Å². The molecule has 0 saturated carbocycles. The molecule has 0 N–H and O–H groups in total. The minimum atomic E-state index is -0.494. The molecular formula is C57H50Cl2N2O4. The first-order valence-corrected chi connectivity index (χ1v) is 22.2. The first kappa shape index (κ1) is 45.9. The van der Waals surface area contributed by atoms with E-state index in [0.717, 1.165) is 74.5 Å². The zero-order valence-electron chi connectivity index (χ0n) is 36.7. The van der Waals surface area contributed by atoms with Gasteiger partial charge in [0.25, 0.3) is 0 Å². The van der Waals surface area contributed by atoms with Gasteiger partial charge in [-0.05, 0) is 157 Å². The normalized spacial score (nSPS) is 15.5. The van der Waals surface area contributed by atoms with Gasteiger partial charge in [-0.2, -0.15) is 0 Å². The number of allylic oxidation sites excluding steroid dienone is 10. The lowest BCUT2D eigenvalue weighted by Crippen LogP contribution is -2.16. The lowest BCUT2D eigenvalue weighted by atomic mass is 9.98. The van der Waals surface area contributed by atoms with Crippen LogP contribution in [-0.2, 0) is 14.3 Å². The smallest absolute Gasteiger partial charge is 0.335 e. The summed E-state index contributed by atoms with van der Waals surface area (Å²) in [4.78, 5) is 27.9. The Labute approximate surface area is 392 Å². The summed E-state index contributed by atoms with van der Waals surface area (Å²) in [6.07, 6.45) is 22.8. The second-order valence-corrected chi connectivity index (χ2v) is 16.7. The average molecular weight is 898 g/mol. The number of rotatable bonds is 15. The zero-order chi connectivity index (χ0) is 45.9. The summed E-state index contributed by atoms with van der Waals surface area (Å²) in [7, 11) is 0. The lowest BCUT2D eigenvalue weighted by molar-refractivity contribution is -0.140. The summed E-state index contributed by atoms with van der Waals surface area (Å²) >= 11 is 12.7. The summed E-state index contributed by atoms with van der Waals surface area (Å²) in [5, 5.41) is 1.34. The van der Waals surface area contributed by atoms with Gasteiger partial charge in [-0.15, -0.1) is 0 Å². The van der Waals surface area contributed by atoms with Crippen molar-refractivity contribution in [1.82, 2.24) is 0 Å². The van der Waals surface area contributed by atoms with Gasteiger partial charge in [-0.3, -0.25) is 0 Å². The van der Waals surface area contributed by atoms with Crippen molar-refractivity contribution in [3.8, 4) is 16.9 Å². The molecule has 8 heteroatoms. The van der Waals surface area contributed by atoms with Crippen LogP contribution >= 0.6 is 23.2 Å². The van der Waals surface area contributed by atoms with E-state index in [4.69, 9.17) is 32.7 Å². The van der Waals surface area contributed by atoms with Gasteiger partial charge in [0.05, 0.1) is 0 Å². The van der Waals surface area contributed by atoms with Crippen molar-refractivity contribution in [2.45, 2.75) is 39.7 Å². The van der Waals surface area contributed by atoms with Gasteiger partial charge in [0.2, 0.25) is 0 Å². The number of nitrogens with zero attached hydrogens (tertiary/aromatic N) is 2. The quantitative estimate of drug-likeness (QED) is 0.0452. The van der Waals surface area contributed by atoms with Gasteiger partial charge >= 0.3 is 11.9 Å². The molecule has 2 atom stereocenters. The van der Waals surface area contributed by atoms with Crippen LogP contribution in [-0.4, -0.2) is 18.0 Å². The summed E-state index contributed by atoms with van der Waals surface area (Å²) in [5.41, 5.74) is 12.6. The van der Waals surface area contributed by atoms with E-state index in [9.17, 15) is 9.59 Å². The maximum atomic E-state index is 11.7. The Balaban J connectivity index is 1.11. The van der Waals surface area contributed by atoms with Gasteiger partial charge < -0.3 is 19.3 Å². The van der Waals surface area contributed by atoms with Crippen molar-refractivity contribution in [3.05, 3.63) is 239 Å². The third kappa shape index (κ3) is 11.9. The van der Waals surface area contributed by atoms with E-state index < -0.39 is 11.9 Å². The number of esters is 2. The molecule has 5 aromatic rings. The fourth-order valence-electron chi connectivity index (χ4n) is 7.65. The molecule has 0 fully saturated rings. The molecule has 0 radical (unpaired) electrons. The van der Waals surface area contributed by atoms with Crippen LogP contribution in [0.4, 0.5) is 22.7 Å². The minimum absolute atomic E-state index is 0.142. The van der Waals surface area contributed by atoms with E-state index in [1.807, 2.05) is 72.8 Å². The maximum Gasteiger partial charge on any atom is 0.335 e. The number of halogens is 2. The largest absolute Gasteiger partial charge is 0.455 e. The Morgan fingerprint density at radius 2 is 1.22 bits per heavy atom. The van der Waals surface area contributed by atoms with Crippen molar-refractivity contribution in [2.75, 3.05) is 9.80 Å². The van der Waals surface area contributed by atoms with Gasteiger partial charge in [0, 0.05) is 62.8 Å². The first-order chi connectivity index (χ1) is 31.5. The summed E-state index contributed by atoms with van der Waals surface area (Å²) in [6.45, 7) is 13.4. The van der Waals surface area contributed by atoms with Crippen LogP contribution in [0.15, 0.2) is 224 Å². The van der Waals surface area contributed by atoms with Crippen molar-refractivity contribution in [2.24, 2.45) is 5.92 Å². The van der Waals surface area contributed by atoms with E-state index >= 15 is 0 Å². The predicted molar refractivity (Wildman–Crippen MR) is 270 cm³/mol. The van der Waals surface area contributed by atoms with Gasteiger partial charge in [-0.25, -0.2) is 9.59 Å². The minimum Gasteiger partial charge on any atom is -0.455 e. The molecule has 0 amide bonds. The monoisotopic (exact) mass is 896 g/mol. The number of benzene rings is 5. The van der Waals surface area contributed by atoms with E-state index in [1.165, 1.54) is 11.6 Å². The second kappa shape index (κ2) is 21.5. The third-order valence-electron chi connectivity index (χ3n) is 10.8. The van der Waals surface area contributed by atoms with E-state index in [-0.39, 0.29) is 12.0 Å². The Kier molecular flexibility index (Phi) is 15.2. The molecule has 6 nitrogen and oxygen atoms in total. The SMILES string of the molecule is C=CC(=O)Oc1ccc(-c2ccc(N(C(/C=C\CC3=CC(C)C=C(N(c4ccc(Cl)cc4)c4ccc(C5=CCC(OC(=O)C=C)C=C5)cc4)C=C3)=C(C)C)c3ccc(Cl)cc3)cc2)cc1. The van der Waals surface area contributed by atoms with E-state index in [1.54, 1.807) is 12.1 Å². The maximum absolute atomic E-state index is 11.7. The van der Waals surface area contributed by atoms with E-state index in [0.29, 0.717) is 22.2 Å². The van der Waals surface area contributed by atoms with Crippen molar-refractivity contribution in [3.63, 3.8) is 0 Å². The molecule has 0 aromatic heterocycles. The third-order valence-corrected chi connectivity index (χ3v) is 11.3. The molecule has 0 heterocycles. The molecule has 65 heavy (non-hydrogen) atoms. The van der Waals surface area contributed by atoms with E-state index in [2.05, 4.69) is 135 Å². The molecule has 0 spiro atoms. The molecule has 7 rings (SSSR count). The van der Waals surface area contributed by atoms with Crippen LogP contribution in [0, 0.1) is 5.92 Å². The van der Waals surface area contributed by atoms with Crippen LogP contribution in [0.3, 0.4) is 0 Å². The molecular weight excluding hydrogens is 848 g/mol. The number of carbonyl (C=O) groups excluding carboxylic acids is 2. The highest BCUT2D eigenvalue weighted by atomic mass is 35.5. The Morgan fingerprint density at radius 1 is 0.677 bits per heavy atom. The molecule has 0 saturated heterocycles. The fourth-order valence-corrected chi connectivity index (χ4v) is 7.90. The zero-order valence-corrected chi connectivity index (χ0v) is 38.2. The van der Waals surface area contributed by atoms with Crippen LogP contribution in [0.2, 0.25) is 10.0 Å². The van der Waals surface area contributed by atoms with Gasteiger partial charge in [0.15, 0.2) is 0 Å². The number of ether oxygens (including phenoxy) is 2. The molecule has 2 aliphatic rings.